The third-order valence-electron chi connectivity index (χ3n) is 11.6. The molecule has 2 heterocycles. The molecule has 0 aromatic heterocycles. The topological polar surface area (TPSA) is 322 Å². The van der Waals surface area contributed by atoms with E-state index in [1.807, 2.05) is 39.0 Å². The maximum atomic E-state index is 14.1. The van der Waals surface area contributed by atoms with E-state index in [0.29, 0.717) is 23.3 Å². The van der Waals surface area contributed by atoms with Gasteiger partial charge in [-0.25, -0.2) is 4.79 Å². The van der Waals surface area contributed by atoms with E-state index < -0.39 is 121 Å². The molecular weight excluding hydrogens is 827 g/mol. The maximum Gasteiger partial charge on any atom is 0.326 e. The molecule has 1 aromatic carbocycles. The van der Waals surface area contributed by atoms with Gasteiger partial charge in [0, 0.05) is 31.6 Å². The quantitative estimate of drug-likeness (QED) is 0.107. The number of carbonyl (C=O) groups excluding carboxylic acids is 8. The Kier molecular flexibility index (Phi) is 17.4. The van der Waals surface area contributed by atoms with Crippen LogP contribution in [0.4, 0.5) is 0 Å². The molecule has 62 heavy (non-hydrogen) atoms. The first kappa shape index (κ1) is 49.1. The van der Waals surface area contributed by atoms with Gasteiger partial charge in [0.1, 0.15) is 30.2 Å². The Morgan fingerprint density at radius 3 is 2.24 bits per heavy atom. The van der Waals surface area contributed by atoms with Crippen molar-refractivity contribution in [3.8, 4) is 0 Å². The third-order valence-corrected chi connectivity index (χ3v) is 12.8. The van der Waals surface area contributed by atoms with Gasteiger partial charge in [0.25, 0.3) is 0 Å². The molecule has 2 aliphatic heterocycles. The number of thioether (sulfide) groups is 1. The van der Waals surface area contributed by atoms with Crippen LogP contribution in [0.15, 0.2) is 29.2 Å². The largest absolute Gasteiger partial charge is 0.480 e. The van der Waals surface area contributed by atoms with Crippen LogP contribution in [0.25, 0.3) is 5.57 Å². The van der Waals surface area contributed by atoms with E-state index in [-0.39, 0.29) is 37.0 Å². The molecule has 0 bridgehead atoms. The van der Waals surface area contributed by atoms with E-state index in [2.05, 4.69) is 31.9 Å². The number of nitrogens with one attached hydrogen (secondary N) is 6. The van der Waals surface area contributed by atoms with Gasteiger partial charge in [-0.15, -0.1) is 11.8 Å². The number of β-amino-alcohol motifs (C(OH)–C–C–N with tert-alkyl or cyclic N) is 1. The summed E-state index contributed by atoms with van der Waals surface area (Å²) in [6.45, 7) is 7.58. The number of carboxylic acid groups (broad SMARTS) is 1. The number of aliphatic hydroxyl groups excluding tert-OH is 1. The summed E-state index contributed by atoms with van der Waals surface area (Å²) in [5.41, 5.74) is 14.0. The van der Waals surface area contributed by atoms with Crippen LogP contribution < -0.4 is 43.4 Å². The lowest BCUT2D eigenvalue weighted by Crippen LogP contribution is -2.58. The second-order valence-corrected chi connectivity index (χ2v) is 17.5. The smallest absolute Gasteiger partial charge is 0.326 e. The number of primary amides is 1. The number of allylic oxidation sites excluding steroid dienone is 1. The molecule has 340 valence electrons. The molecule has 3 aliphatic rings. The summed E-state index contributed by atoms with van der Waals surface area (Å²) in [5.74, 6) is -8.77. The minimum atomic E-state index is -1.68. The molecule has 1 aliphatic carbocycles. The highest BCUT2D eigenvalue weighted by Crippen LogP contribution is 2.41. The van der Waals surface area contributed by atoms with Crippen molar-refractivity contribution >= 4 is 70.6 Å². The predicted molar refractivity (Wildman–Crippen MR) is 227 cm³/mol. The Morgan fingerprint density at radius 2 is 1.61 bits per heavy atom. The standard InChI is InChI=1S/C41H59N9O11S/c1-6-20(4)35-39(58)45-15-32(53)46-28(37(56)48-27(14-31(42)52)40(59)50-17-23(51)12-29(50)41(60)61)18-62-30-11-22-9-7-8-10-24(22)25(30)13-26(36(55)44-16-33(54)49-35)47-38(57)34(43)21(5)19(2)3/h7-10,19-21,23,26-29,34-35,51H,6,11-18,43H2,1-5H3,(H2,42,52)(H,44,55)(H,45,58)(H,46,53)(H,47,57)(H,48,56)(H,49,54)(H,60,61)/t20-,21?,23+,26+,27-,28+,29-,34-,35-/m0/s1. The molecule has 0 radical (unpaired) electrons. The maximum absolute atomic E-state index is 14.1. The van der Waals surface area contributed by atoms with Crippen molar-refractivity contribution in [1.82, 2.24) is 36.8 Å². The number of amides is 8. The van der Waals surface area contributed by atoms with Gasteiger partial charge in [-0.2, -0.15) is 0 Å². The lowest BCUT2D eigenvalue weighted by Gasteiger charge is -2.28. The average Bonchev–Trinajstić information content (AvgIpc) is 3.79. The van der Waals surface area contributed by atoms with Crippen molar-refractivity contribution in [3.05, 3.63) is 40.3 Å². The van der Waals surface area contributed by atoms with Gasteiger partial charge >= 0.3 is 5.97 Å². The summed E-state index contributed by atoms with van der Waals surface area (Å²) in [4.78, 5) is 121. The zero-order valence-corrected chi connectivity index (χ0v) is 36.3. The number of hydrogen-bond acceptors (Lipinski definition) is 12. The highest BCUT2D eigenvalue weighted by Gasteiger charge is 2.43. The fraction of sp³-hybridized carbons (Fsp3) is 0.585. The number of fused-ring (bicyclic) bond motifs is 2. The summed E-state index contributed by atoms with van der Waals surface area (Å²) in [7, 11) is 0. The van der Waals surface area contributed by atoms with Crippen molar-refractivity contribution in [2.75, 3.05) is 25.4 Å². The normalized spacial score (nSPS) is 24.7. The lowest BCUT2D eigenvalue weighted by atomic mass is 9.90. The zero-order chi connectivity index (χ0) is 46.0. The summed E-state index contributed by atoms with van der Waals surface area (Å²) in [6, 6.07) is -0.613. The Morgan fingerprint density at radius 1 is 0.968 bits per heavy atom. The molecule has 12 N–H and O–H groups in total. The first-order valence-electron chi connectivity index (χ1n) is 20.6. The molecule has 21 heteroatoms. The number of carboxylic acids is 1. The molecule has 8 amide bonds. The summed E-state index contributed by atoms with van der Waals surface area (Å²) in [6.07, 6.45) is -1.51. The molecule has 9 atom stereocenters. The van der Waals surface area contributed by atoms with Crippen molar-refractivity contribution in [2.24, 2.45) is 29.2 Å². The van der Waals surface area contributed by atoms with Gasteiger partial charge in [-0.1, -0.05) is 65.3 Å². The number of nitrogens with two attached hydrogens (primary N) is 2. The molecule has 4 rings (SSSR count). The number of likely N-dealkylation sites (tertiary alicyclic amines) is 1. The fourth-order valence-corrected chi connectivity index (χ4v) is 8.59. The fourth-order valence-electron chi connectivity index (χ4n) is 7.37. The van der Waals surface area contributed by atoms with E-state index in [1.165, 1.54) is 0 Å². The zero-order valence-electron chi connectivity index (χ0n) is 35.5. The van der Waals surface area contributed by atoms with Gasteiger partial charge in [0.15, 0.2) is 0 Å². The van der Waals surface area contributed by atoms with Gasteiger partial charge in [0.05, 0.1) is 31.7 Å². The minimum absolute atomic E-state index is 0.0336. The van der Waals surface area contributed by atoms with E-state index in [0.717, 1.165) is 27.8 Å². The Labute approximate surface area is 363 Å². The molecule has 1 saturated heterocycles. The Hall–Kier alpha value is -5.54. The number of nitrogens with zero attached hydrogens (tertiary/aromatic N) is 1. The van der Waals surface area contributed by atoms with E-state index in [9.17, 15) is 53.4 Å². The van der Waals surface area contributed by atoms with Crippen LogP contribution >= 0.6 is 11.8 Å². The molecule has 20 nitrogen and oxygen atoms in total. The predicted octanol–water partition coefficient (Wildman–Crippen LogP) is -2.15. The van der Waals surface area contributed by atoms with Crippen LogP contribution in [0.5, 0.6) is 0 Å². The number of rotatable bonds is 12. The Bertz CT molecular complexity index is 1940. The number of carbonyl (C=O) groups is 9. The van der Waals surface area contributed by atoms with Crippen LogP contribution in [-0.4, -0.2) is 136 Å². The van der Waals surface area contributed by atoms with Crippen LogP contribution in [0.3, 0.4) is 0 Å². The van der Waals surface area contributed by atoms with Gasteiger partial charge in [-0.3, -0.25) is 38.4 Å². The summed E-state index contributed by atoms with van der Waals surface area (Å²) < 4.78 is 0. The molecular formula is C41H59N9O11S. The van der Waals surface area contributed by atoms with Crippen LogP contribution in [0, 0.1) is 17.8 Å². The molecule has 1 fully saturated rings. The number of aliphatic hydroxyl groups is 1. The van der Waals surface area contributed by atoms with Crippen LogP contribution in [0.1, 0.15) is 71.4 Å². The first-order valence-corrected chi connectivity index (χ1v) is 21.6. The van der Waals surface area contributed by atoms with Crippen molar-refractivity contribution in [3.63, 3.8) is 0 Å². The molecule has 0 saturated carbocycles. The summed E-state index contributed by atoms with van der Waals surface area (Å²) >= 11 is 1.14. The van der Waals surface area contributed by atoms with Gasteiger partial charge in [0.2, 0.25) is 47.3 Å². The number of benzene rings is 1. The van der Waals surface area contributed by atoms with Crippen LogP contribution in [-0.2, 0) is 49.6 Å². The van der Waals surface area contributed by atoms with Gasteiger partial charge in [-0.05, 0) is 39.4 Å². The Balaban J connectivity index is 1.75. The molecule has 1 unspecified atom stereocenters. The third kappa shape index (κ3) is 12.8. The molecule has 1 aromatic rings. The number of hydrogen-bond donors (Lipinski definition) is 10. The highest BCUT2D eigenvalue weighted by atomic mass is 32.2. The van der Waals surface area contributed by atoms with E-state index >= 15 is 0 Å². The molecule has 0 spiro atoms. The van der Waals surface area contributed by atoms with Crippen molar-refractivity contribution in [2.45, 2.75) is 109 Å². The SMILES string of the molecule is CC[C@H](C)[C@@H]1NC(=O)CNC(=O)[C@H](NC(=O)[C@@H](N)C(C)C(C)C)CC2=C(Cc3ccccc32)SC[C@H](C(=O)N[C@@H](CC(N)=O)C(=O)N2C[C@H](O)C[C@H]2C(=O)O)NC(=O)CNC1=O. The minimum Gasteiger partial charge on any atom is -0.480 e. The second-order valence-electron chi connectivity index (χ2n) is 16.4. The number of aliphatic carboxylic acids is 1. The average molecular weight is 886 g/mol. The highest BCUT2D eigenvalue weighted by molar-refractivity contribution is 8.03. The van der Waals surface area contributed by atoms with Crippen molar-refractivity contribution in [1.29, 1.82) is 0 Å². The monoisotopic (exact) mass is 885 g/mol. The second kappa shape index (κ2) is 22.0. The van der Waals surface area contributed by atoms with Crippen molar-refractivity contribution < 1.29 is 53.4 Å². The first-order chi connectivity index (χ1) is 29.2. The van der Waals surface area contributed by atoms with Crippen LogP contribution in [0.2, 0.25) is 0 Å². The van der Waals surface area contributed by atoms with E-state index in [1.54, 1.807) is 19.9 Å². The lowest BCUT2D eigenvalue weighted by molar-refractivity contribution is -0.149. The van der Waals surface area contributed by atoms with Gasteiger partial charge < -0.3 is 58.5 Å². The summed E-state index contributed by atoms with van der Waals surface area (Å²) in [5, 5.41) is 35.4. The van der Waals surface area contributed by atoms with E-state index in [4.69, 9.17) is 11.5 Å².